The molecule has 0 aromatic heterocycles. The first-order chi connectivity index (χ1) is 11.2. The number of sulfonamides is 1. The van der Waals surface area contributed by atoms with E-state index in [2.05, 4.69) is 0 Å². The highest BCUT2D eigenvalue weighted by molar-refractivity contribution is 7.89. The van der Waals surface area contributed by atoms with Crippen molar-refractivity contribution in [1.82, 2.24) is 4.31 Å². The lowest BCUT2D eigenvalue weighted by atomic mass is 10.2. The Morgan fingerprint density at radius 2 is 1.67 bits per heavy atom. The minimum absolute atomic E-state index is 0.0115. The molecule has 1 aliphatic rings. The largest absolute Gasteiger partial charge is 0.471 e. The van der Waals surface area contributed by atoms with Crippen molar-refractivity contribution < 1.29 is 26.4 Å². The van der Waals surface area contributed by atoms with Gasteiger partial charge < -0.3 is 4.90 Å². The van der Waals surface area contributed by atoms with Crippen LogP contribution in [-0.2, 0) is 14.8 Å². The van der Waals surface area contributed by atoms with Crippen molar-refractivity contribution in [2.45, 2.75) is 37.3 Å². The summed E-state index contributed by atoms with van der Waals surface area (Å²) in [5.41, 5.74) is 0.0115. The predicted molar refractivity (Wildman–Crippen MR) is 83.1 cm³/mol. The SMILES string of the molecule is CCN(C(=O)C(F)(F)F)c1ccc(S(=O)(=O)N2CCCCC2)cc1. The Bertz CT molecular complexity index is 681. The van der Waals surface area contributed by atoms with Gasteiger partial charge in [-0.15, -0.1) is 0 Å². The highest BCUT2D eigenvalue weighted by atomic mass is 32.2. The zero-order chi connectivity index (χ0) is 18.0. The molecular formula is C15H19F3N2O3S. The van der Waals surface area contributed by atoms with Crippen LogP contribution in [-0.4, -0.2) is 44.4 Å². The summed E-state index contributed by atoms with van der Waals surface area (Å²) in [5, 5.41) is 0. The van der Waals surface area contributed by atoms with Gasteiger partial charge in [-0.2, -0.15) is 17.5 Å². The van der Waals surface area contributed by atoms with Gasteiger partial charge in [-0.05, 0) is 44.0 Å². The molecule has 134 valence electrons. The van der Waals surface area contributed by atoms with Crippen molar-refractivity contribution >= 4 is 21.6 Å². The number of nitrogens with zero attached hydrogens (tertiary/aromatic N) is 2. The van der Waals surface area contributed by atoms with Crippen LogP contribution in [0.1, 0.15) is 26.2 Å². The number of piperidine rings is 1. The minimum atomic E-state index is -4.98. The molecule has 1 heterocycles. The first-order valence-electron chi connectivity index (χ1n) is 7.67. The molecule has 0 spiro atoms. The van der Waals surface area contributed by atoms with Crippen LogP contribution in [0.3, 0.4) is 0 Å². The van der Waals surface area contributed by atoms with Gasteiger partial charge in [0, 0.05) is 25.3 Å². The number of halogens is 3. The second-order valence-electron chi connectivity index (χ2n) is 5.51. The van der Waals surface area contributed by atoms with E-state index in [-0.39, 0.29) is 17.1 Å². The Morgan fingerprint density at radius 3 is 2.12 bits per heavy atom. The van der Waals surface area contributed by atoms with Gasteiger partial charge in [-0.25, -0.2) is 8.42 Å². The smallest absolute Gasteiger partial charge is 0.305 e. The third-order valence-electron chi connectivity index (χ3n) is 3.91. The molecule has 0 bridgehead atoms. The van der Waals surface area contributed by atoms with E-state index >= 15 is 0 Å². The van der Waals surface area contributed by atoms with E-state index < -0.39 is 22.1 Å². The summed E-state index contributed by atoms with van der Waals surface area (Å²) in [6, 6.07) is 4.94. The van der Waals surface area contributed by atoms with Gasteiger partial charge in [-0.1, -0.05) is 6.42 Å². The fraction of sp³-hybridized carbons (Fsp3) is 0.533. The van der Waals surface area contributed by atoms with E-state index in [0.29, 0.717) is 18.0 Å². The maximum Gasteiger partial charge on any atom is 0.471 e. The third kappa shape index (κ3) is 3.89. The van der Waals surface area contributed by atoms with Gasteiger partial charge >= 0.3 is 12.1 Å². The van der Waals surface area contributed by atoms with Crippen LogP contribution >= 0.6 is 0 Å². The molecule has 5 nitrogen and oxygen atoms in total. The molecule has 2 rings (SSSR count). The zero-order valence-corrected chi connectivity index (χ0v) is 14.0. The number of benzene rings is 1. The normalized spacial score (nSPS) is 16.8. The molecule has 1 fully saturated rings. The summed E-state index contributed by atoms with van der Waals surface area (Å²) in [5.74, 6) is -1.98. The van der Waals surface area contributed by atoms with Gasteiger partial charge in [0.05, 0.1) is 4.90 Å². The lowest BCUT2D eigenvalue weighted by Crippen LogP contribution is -2.41. The summed E-state index contributed by atoms with van der Waals surface area (Å²) < 4.78 is 64.1. The molecule has 0 saturated carbocycles. The first-order valence-corrected chi connectivity index (χ1v) is 9.11. The maximum absolute atomic E-state index is 12.6. The summed E-state index contributed by atoms with van der Waals surface area (Å²) in [7, 11) is -3.65. The van der Waals surface area contributed by atoms with E-state index in [4.69, 9.17) is 0 Å². The Balaban J connectivity index is 2.25. The molecular weight excluding hydrogens is 345 g/mol. The van der Waals surface area contributed by atoms with Crippen LogP contribution in [0.2, 0.25) is 0 Å². The van der Waals surface area contributed by atoms with E-state index in [1.165, 1.54) is 35.5 Å². The topological polar surface area (TPSA) is 57.7 Å². The lowest BCUT2D eigenvalue weighted by Gasteiger charge is -2.26. The van der Waals surface area contributed by atoms with Gasteiger partial charge in [0.25, 0.3) is 0 Å². The van der Waals surface area contributed by atoms with Gasteiger partial charge in [0.15, 0.2) is 0 Å². The Morgan fingerprint density at radius 1 is 1.12 bits per heavy atom. The van der Waals surface area contributed by atoms with Gasteiger partial charge in [0.1, 0.15) is 0 Å². The van der Waals surface area contributed by atoms with Crippen molar-refractivity contribution in [2.75, 3.05) is 24.5 Å². The molecule has 0 aliphatic carbocycles. The molecule has 9 heteroatoms. The van der Waals surface area contributed by atoms with Crippen LogP contribution in [0.15, 0.2) is 29.2 Å². The molecule has 0 N–H and O–H groups in total. The van der Waals surface area contributed by atoms with Crippen molar-refractivity contribution in [3.63, 3.8) is 0 Å². The maximum atomic E-state index is 12.6. The highest BCUT2D eigenvalue weighted by Gasteiger charge is 2.42. The van der Waals surface area contributed by atoms with Crippen molar-refractivity contribution in [3.8, 4) is 0 Å². The molecule has 0 unspecified atom stereocenters. The van der Waals surface area contributed by atoms with Crippen LogP contribution in [0.5, 0.6) is 0 Å². The average Bonchev–Trinajstić information content (AvgIpc) is 2.56. The molecule has 1 aromatic rings. The standard InChI is InChI=1S/C15H19F3N2O3S/c1-2-20(14(21)15(16,17)18)12-6-8-13(9-7-12)24(22,23)19-10-4-3-5-11-19/h6-9H,2-5,10-11H2,1H3. The predicted octanol–water partition coefficient (Wildman–Crippen LogP) is 2.78. The van der Waals surface area contributed by atoms with E-state index in [1.807, 2.05) is 0 Å². The molecule has 1 amide bonds. The van der Waals surface area contributed by atoms with Crippen LogP contribution in [0, 0.1) is 0 Å². The van der Waals surface area contributed by atoms with Crippen LogP contribution in [0.4, 0.5) is 18.9 Å². The Kier molecular flexibility index (Phi) is 5.54. The number of hydrogen-bond acceptors (Lipinski definition) is 3. The number of anilines is 1. The van der Waals surface area contributed by atoms with E-state index in [1.54, 1.807) is 0 Å². The fourth-order valence-electron chi connectivity index (χ4n) is 2.65. The number of carbonyl (C=O) groups excluding carboxylic acids is 1. The lowest BCUT2D eigenvalue weighted by molar-refractivity contribution is -0.170. The van der Waals surface area contributed by atoms with Crippen LogP contribution in [0.25, 0.3) is 0 Å². The zero-order valence-electron chi connectivity index (χ0n) is 13.2. The van der Waals surface area contributed by atoms with Gasteiger partial charge in [0.2, 0.25) is 10.0 Å². The number of amides is 1. The number of alkyl halides is 3. The average molecular weight is 364 g/mol. The Labute approximate surface area is 139 Å². The van der Waals surface area contributed by atoms with E-state index in [9.17, 15) is 26.4 Å². The minimum Gasteiger partial charge on any atom is -0.305 e. The summed E-state index contributed by atoms with van der Waals surface area (Å²) in [6.45, 7) is 2.13. The van der Waals surface area contributed by atoms with Crippen molar-refractivity contribution in [1.29, 1.82) is 0 Å². The van der Waals surface area contributed by atoms with Crippen molar-refractivity contribution in [2.24, 2.45) is 0 Å². The summed E-state index contributed by atoms with van der Waals surface area (Å²) in [4.78, 5) is 12.0. The quantitative estimate of drug-likeness (QED) is 0.826. The molecule has 0 atom stereocenters. The van der Waals surface area contributed by atoms with E-state index in [0.717, 1.165) is 19.3 Å². The van der Waals surface area contributed by atoms with Gasteiger partial charge in [-0.3, -0.25) is 4.79 Å². The molecule has 1 aromatic carbocycles. The first kappa shape index (κ1) is 18.7. The summed E-state index contributed by atoms with van der Waals surface area (Å²) >= 11 is 0. The molecule has 1 aliphatic heterocycles. The van der Waals surface area contributed by atoms with Crippen molar-refractivity contribution in [3.05, 3.63) is 24.3 Å². The second-order valence-corrected chi connectivity index (χ2v) is 7.44. The molecule has 0 radical (unpaired) electrons. The number of rotatable bonds is 4. The van der Waals surface area contributed by atoms with Crippen LogP contribution < -0.4 is 4.90 Å². The number of hydrogen-bond donors (Lipinski definition) is 0. The monoisotopic (exact) mass is 364 g/mol. The summed E-state index contributed by atoms with van der Waals surface area (Å²) in [6.07, 6.45) is -2.41. The molecule has 1 saturated heterocycles. The Hall–Kier alpha value is -1.61. The fourth-order valence-corrected chi connectivity index (χ4v) is 4.17. The second kappa shape index (κ2) is 7.10. The number of carbonyl (C=O) groups is 1. The highest BCUT2D eigenvalue weighted by Crippen LogP contribution is 2.26. The third-order valence-corrected chi connectivity index (χ3v) is 5.82. The molecule has 24 heavy (non-hydrogen) atoms.